The number of amides is 2. The van der Waals surface area contributed by atoms with E-state index in [1.54, 1.807) is 28.1 Å². The van der Waals surface area contributed by atoms with E-state index in [2.05, 4.69) is 4.98 Å². The number of hydrogen-bond acceptors (Lipinski definition) is 5. The van der Waals surface area contributed by atoms with Crippen LogP contribution in [0.25, 0.3) is 10.2 Å². The molecule has 1 saturated heterocycles. The summed E-state index contributed by atoms with van der Waals surface area (Å²) < 4.78 is 5.77. The minimum Gasteiger partial charge on any atom is -0.453 e. The zero-order chi connectivity index (χ0) is 19.1. The van der Waals surface area contributed by atoms with E-state index >= 15 is 0 Å². The highest BCUT2D eigenvalue weighted by Crippen LogP contribution is 2.32. The van der Waals surface area contributed by atoms with E-state index in [1.807, 2.05) is 20.8 Å². The van der Waals surface area contributed by atoms with Crippen molar-refractivity contribution in [1.29, 1.82) is 0 Å². The van der Waals surface area contributed by atoms with E-state index < -0.39 is 0 Å². The monoisotopic (exact) mass is 395 g/mol. The maximum atomic E-state index is 12.9. The van der Waals surface area contributed by atoms with Gasteiger partial charge in [0.25, 0.3) is 5.91 Å². The van der Waals surface area contributed by atoms with Crippen LogP contribution in [0.2, 0.25) is 5.02 Å². The van der Waals surface area contributed by atoms with Crippen LogP contribution in [-0.4, -0.2) is 58.6 Å². The Bertz CT molecular complexity index is 846. The number of thiophene rings is 1. The van der Waals surface area contributed by atoms with Crippen molar-refractivity contribution in [2.24, 2.45) is 0 Å². The molecule has 1 aliphatic rings. The predicted octanol–water partition coefficient (Wildman–Crippen LogP) is 4.03. The van der Waals surface area contributed by atoms with Crippen LogP contribution in [0.15, 0.2) is 18.3 Å². The predicted molar refractivity (Wildman–Crippen MR) is 103 cm³/mol. The summed E-state index contributed by atoms with van der Waals surface area (Å²) in [6.07, 6.45) is 1.99. The van der Waals surface area contributed by atoms with Gasteiger partial charge in [0.05, 0.1) is 33.3 Å². The quantitative estimate of drug-likeness (QED) is 0.770. The molecule has 140 valence electrons. The number of methoxy groups -OCH3 is 1. The van der Waals surface area contributed by atoms with Gasteiger partial charge in [-0.05, 0) is 39.3 Å². The van der Waals surface area contributed by atoms with E-state index in [9.17, 15) is 9.59 Å². The van der Waals surface area contributed by atoms with E-state index in [0.29, 0.717) is 23.0 Å². The SMILES string of the molecule is COC(=O)N([C@@H]1CCN(C(=O)c2cc3nccc(Cl)c3s2)C1)C(C)(C)C. The molecule has 0 aromatic carbocycles. The standard InChI is InChI=1S/C18H22ClN3O3S/c1-18(2,3)22(17(24)25-4)11-6-8-21(10-11)16(23)14-9-13-15(26-14)12(19)5-7-20-13/h5,7,9,11H,6,8,10H2,1-4H3/t11-/m1/s1. The van der Waals surface area contributed by atoms with Crippen LogP contribution in [0, 0.1) is 0 Å². The highest BCUT2D eigenvalue weighted by atomic mass is 35.5. The number of fused-ring (bicyclic) bond motifs is 1. The molecule has 0 bridgehead atoms. The molecular formula is C18H22ClN3O3S. The van der Waals surface area contributed by atoms with Crippen molar-refractivity contribution < 1.29 is 14.3 Å². The average Bonchev–Trinajstić information content (AvgIpc) is 3.20. The maximum Gasteiger partial charge on any atom is 0.410 e. The number of carbonyl (C=O) groups excluding carboxylic acids is 2. The average molecular weight is 396 g/mol. The van der Waals surface area contributed by atoms with Crippen LogP contribution in [0.5, 0.6) is 0 Å². The van der Waals surface area contributed by atoms with Crippen molar-refractivity contribution in [3.05, 3.63) is 28.2 Å². The van der Waals surface area contributed by atoms with Gasteiger partial charge in [0.1, 0.15) is 0 Å². The number of rotatable bonds is 2. The first-order chi connectivity index (χ1) is 12.2. The van der Waals surface area contributed by atoms with Gasteiger partial charge in [-0.2, -0.15) is 0 Å². The van der Waals surface area contributed by atoms with Gasteiger partial charge in [0, 0.05) is 24.8 Å². The van der Waals surface area contributed by atoms with E-state index in [4.69, 9.17) is 16.3 Å². The Labute approximate surface area is 161 Å². The summed E-state index contributed by atoms with van der Waals surface area (Å²) in [6.45, 7) is 6.99. The Morgan fingerprint density at radius 3 is 2.77 bits per heavy atom. The summed E-state index contributed by atoms with van der Waals surface area (Å²) in [4.78, 5) is 33.5. The van der Waals surface area contributed by atoms with E-state index in [-0.39, 0.29) is 23.6 Å². The second-order valence-electron chi connectivity index (χ2n) is 7.32. The van der Waals surface area contributed by atoms with E-state index in [0.717, 1.165) is 16.6 Å². The molecular weight excluding hydrogens is 374 g/mol. The third kappa shape index (κ3) is 3.50. The summed E-state index contributed by atoms with van der Waals surface area (Å²) in [5.74, 6) is -0.0507. The van der Waals surface area contributed by atoms with Crippen LogP contribution in [0.3, 0.4) is 0 Å². The highest BCUT2D eigenvalue weighted by molar-refractivity contribution is 7.21. The summed E-state index contributed by atoms with van der Waals surface area (Å²) in [5, 5.41) is 0.600. The molecule has 3 heterocycles. The first-order valence-corrected chi connectivity index (χ1v) is 9.62. The molecule has 8 heteroatoms. The van der Waals surface area contributed by atoms with Gasteiger partial charge >= 0.3 is 6.09 Å². The molecule has 3 rings (SSSR count). The van der Waals surface area contributed by atoms with Crippen molar-refractivity contribution in [1.82, 2.24) is 14.8 Å². The second kappa shape index (κ2) is 7.04. The first kappa shape index (κ1) is 18.9. The summed E-state index contributed by atoms with van der Waals surface area (Å²) in [6, 6.07) is 3.43. The molecule has 2 aromatic heterocycles. The Morgan fingerprint density at radius 1 is 1.42 bits per heavy atom. The molecule has 1 atom stereocenters. The lowest BCUT2D eigenvalue weighted by Gasteiger charge is -2.38. The smallest absolute Gasteiger partial charge is 0.410 e. The number of carbonyl (C=O) groups is 2. The number of hydrogen-bond donors (Lipinski definition) is 0. The molecule has 1 aliphatic heterocycles. The van der Waals surface area contributed by atoms with Crippen LogP contribution in [0.1, 0.15) is 36.9 Å². The van der Waals surface area contributed by atoms with Crippen LogP contribution < -0.4 is 0 Å². The minimum absolute atomic E-state index is 0.0507. The van der Waals surface area contributed by atoms with Gasteiger partial charge in [-0.1, -0.05) is 11.6 Å². The molecule has 0 N–H and O–H groups in total. The Morgan fingerprint density at radius 2 is 2.15 bits per heavy atom. The van der Waals surface area contributed by atoms with Gasteiger partial charge < -0.3 is 9.64 Å². The van der Waals surface area contributed by atoms with Gasteiger partial charge in [-0.15, -0.1) is 11.3 Å². The summed E-state index contributed by atoms with van der Waals surface area (Å²) in [5.41, 5.74) is 0.346. The van der Waals surface area contributed by atoms with Crippen molar-refractivity contribution in [3.8, 4) is 0 Å². The fourth-order valence-electron chi connectivity index (χ4n) is 3.37. The first-order valence-electron chi connectivity index (χ1n) is 8.43. The molecule has 6 nitrogen and oxygen atoms in total. The van der Waals surface area contributed by atoms with Crippen LogP contribution in [-0.2, 0) is 4.74 Å². The molecule has 2 aromatic rings. The van der Waals surface area contributed by atoms with Crippen LogP contribution in [0.4, 0.5) is 4.79 Å². The number of likely N-dealkylation sites (tertiary alicyclic amines) is 1. The lowest BCUT2D eigenvalue weighted by molar-refractivity contribution is 0.0555. The van der Waals surface area contributed by atoms with Crippen molar-refractivity contribution in [3.63, 3.8) is 0 Å². The fraction of sp³-hybridized carbons (Fsp3) is 0.500. The number of ether oxygens (including phenoxy) is 1. The molecule has 0 unspecified atom stereocenters. The van der Waals surface area contributed by atoms with Gasteiger partial charge in [-0.25, -0.2) is 4.79 Å². The van der Waals surface area contributed by atoms with Gasteiger partial charge in [0.15, 0.2) is 0 Å². The molecule has 1 fully saturated rings. The topological polar surface area (TPSA) is 62.7 Å². The van der Waals surface area contributed by atoms with Crippen molar-refractivity contribution in [2.75, 3.05) is 20.2 Å². The van der Waals surface area contributed by atoms with E-state index in [1.165, 1.54) is 18.4 Å². The zero-order valence-electron chi connectivity index (χ0n) is 15.3. The number of pyridine rings is 1. The molecule has 26 heavy (non-hydrogen) atoms. The lowest BCUT2D eigenvalue weighted by Crippen LogP contribution is -2.52. The largest absolute Gasteiger partial charge is 0.453 e. The molecule has 0 spiro atoms. The molecule has 0 saturated carbocycles. The second-order valence-corrected chi connectivity index (χ2v) is 8.78. The Kier molecular flexibility index (Phi) is 5.12. The summed E-state index contributed by atoms with van der Waals surface area (Å²) >= 11 is 7.54. The molecule has 0 aliphatic carbocycles. The third-order valence-corrected chi connectivity index (χ3v) is 6.06. The van der Waals surface area contributed by atoms with Crippen molar-refractivity contribution >= 4 is 45.2 Å². The maximum absolute atomic E-state index is 12.9. The lowest BCUT2D eigenvalue weighted by atomic mass is 10.0. The van der Waals surface area contributed by atoms with Crippen molar-refractivity contribution in [2.45, 2.75) is 38.8 Å². The highest BCUT2D eigenvalue weighted by Gasteiger charge is 2.39. The zero-order valence-corrected chi connectivity index (χ0v) is 16.9. The minimum atomic E-state index is -0.383. The third-order valence-electron chi connectivity index (χ3n) is 4.48. The summed E-state index contributed by atoms with van der Waals surface area (Å²) in [7, 11) is 1.38. The number of aromatic nitrogens is 1. The Balaban J connectivity index is 1.79. The Hall–Kier alpha value is -1.86. The van der Waals surface area contributed by atoms with Crippen LogP contribution >= 0.6 is 22.9 Å². The molecule has 0 radical (unpaired) electrons. The molecule has 2 amide bonds. The number of halogens is 1. The van der Waals surface area contributed by atoms with Gasteiger partial charge in [0.2, 0.25) is 0 Å². The normalized spacial score (nSPS) is 17.6. The van der Waals surface area contributed by atoms with Gasteiger partial charge in [-0.3, -0.25) is 14.7 Å². The fourth-order valence-corrected chi connectivity index (χ4v) is 4.63. The number of nitrogens with zero attached hydrogens (tertiary/aromatic N) is 3.